The third kappa shape index (κ3) is 22.0. The quantitative estimate of drug-likeness (QED) is 0.0411. The van der Waals surface area contributed by atoms with Crippen LogP contribution < -0.4 is 0 Å². The minimum Gasteiger partial charge on any atom is -0.481 e. The molecule has 0 amide bonds. The van der Waals surface area contributed by atoms with Gasteiger partial charge in [0.05, 0.1) is 102 Å². The first-order chi connectivity index (χ1) is 29.4. The zero-order valence-electron chi connectivity index (χ0n) is 34.3. The Kier molecular flexibility index (Phi) is 25.8. The van der Waals surface area contributed by atoms with Crippen molar-refractivity contribution < 1.29 is 82.4 Å². The average molecular weight is 857 g/mol. The van der Waals surface area contributed by atoms with Crippen molar-refractivity contribution in [1.29, 1.82) is 0 Å². The Morgan fingerprint density at radius 3 is 1.46 bits per heavy atom. The van der Waals surface area contributed by atoms with E-state index in [4.69, 9.17) is 38.6 Å². The van der Waals surface area contributed by atoms with Crippen LogP contribution in [0.4, 0.5) is 0 Å². The molecule has 4 rings (SSSR count). The van der Waals surface area contributed by atoms with Crippen LogP contribution in [0.2, 0.25) is 0 Å². The van der Waals surface area contributed by atoms with E-state index in [0.29, 0.717) is 30.9 Å². The third-order valence-corrected chi connectivity index (χ3v) is 8.49. The summed E-state index contributed by atoms with van der Waals surface area (Å²) in [4.78, 5) is 68.9. The van der Waals surface area contributed by atoms with E-state index in [2.05, 4.69) is 4.74 Å². The van der Waals surface area contributed by atoms with Gasteiger partial charge in [0.1, 0.15) is 13.2 Å². The molecule has 17 heteroatoms. The molecule has 61 heavy (non-hydrogen) atoms. The lowest BCUT2D eigenvalue weighted by atomic mass is 9.96. The third-order valence-electron chi connectivity index (χ3n) is 8.49. The molecule has 334 valence electrons. The fraction of sp³-hybridized carbons (Fsp3) is 0.455. The Bertz CT molecular complexity index is 1720. The van der Waals surface area contributed by atoms with E-state index in [0.717, 1.165) is 5.56 Å². The van der Waals surface area contributed by atoms with Crippen molar-refractivity contribution in [3.63, 3.8) is 0 Å². The van der Waals surface area contributed by atoms with Gasteiger partial charge in [-0.3, -0.25) is 28.8 Å². The van der Waals surface area contributed by atoms with E-state index >= 15 is 0 Å². The van der Waals surface area contributed by atoms with Crippen LogP contribution in [0.25, 0.3) is 0 Å². The summed E-state index contributed by atoms with van der Waals surface area (Å²) in [7, 11) is 0. The first-order valence-electron chi connectivity index (χ1n) is 19.6. The molecule has 0 aromatic heterocycles. The predicted octanol–water partition coefficient (Wildman–Crippen LogP) is 3.65. The molecule has 1 aliphatic heterocycles. The lowest BCUT2D eigenvalue weighted by Gasteiger charge is -2.15. The summed E-state index contributed by atoms with van der Waals surface area (Å²) in [5, 5.41) is 35.5. The van der Waals surface area contributed by atoms with Gasteiger partial charge in [-0.2, -0.15) is 0 Å². The zero-order chi connectivity index (χ0) is 44.8. The van der Waals surface area contributed by atoms with Gasteiger partial charge >= 0.3 is 35.8 Å². The fourth-order valence-electron chi connectivity index (χ4n) is 5.46. The zero-order valence-corrected chi connectivity index (χ0v) is 34.3. The summed E-state index contributed by atoms with van der Waals surface area (Å²) in [5.41, 5.74) is 1.90. The first-order valence-corrected chi connectivity index (χ1v) is 19.6. The summed E-state index contributed by atoms with van der Waals surface area (Å²) in [6, 6.07) is 26.1. The largest absolute Gasteiger partial charge is 0.481 e. The summed E-state index contributed by atoms with van der Waals surface area (Å²) in [6.45, 7) is 5.15. The van der Waals surface area contributed by atoms with Gasteiger partial charge in [0.15, 0.2) is 0 Å². The molecule has 0 radical (unpaired) electrons. The summed E-state index contributed by atoms with van der Waals surface area (Å²) < 4.78 is 35.5. The van der Waals surface area contributed by atoms with Crippen LogP contribution in [0.5, 0.6) is 0 Å². The molecule has 0 aliphatic carbocycles. The second kappa shape index (κ2) is 30.5. The minimum absolute atomic E-state index is 0.0197. The van der Waals surface area contributed by atoms with Crippen molar-refractivity contribution in [2.45, 2.75) is 63.1 Å². The maximum Gasteiger partial charge on any atom is 0.321 e. The van der Waals surface area contributed by atoms with Crippen molar-refractivity contribution in [3.8, 4) is 0 Å². The van der Waals surface area contributed by atoms with Gasteiger partial charge in [0, 0.05) is 0 Å². The molecule has 1 fully saturated rings. The normalized spacial score (nSPS) is 15.0. The van der Waals surface area contributed by atoms with Gasteiger partial charge in [-0.1, -0.05) is 91.0 Å². The molecule has 17 nitrogen and oxygen atoms in total. The highest BCUT2D eigenvalue weighted by atomic mass is 16.6. The van der Waals surface area contributed by atoms with E-state index in [1.165, 1.54) is 0 Å². The number of carboxylic acid groups (broad SMARTS) is 2. The molecule has 3 aromatic carbocycles. The Hall–Kier alpha value is -5.56. The van der Waals surface area contributed by atoms with Gasteiger partial charge in [0.25, 0.3) is 0 Å². The Labute approximate surface area is 354 Å². The van der Waals surface area contributed by atoms with Crippen molar-refractivity contribution in [2.75, 3.05) is 66.1 Å². The Morgan fingerprint density at radius 2 is 1.03 bits per heavy atom. The highest BCUT2D eigenvalue weighted by molar-refractivity contribution is 5.97. The molecule has 0 spiro atoms. The standard InChI is InChI=1S/C27H32O10.C10H8O3.C7H16O4/c1-19(35-14-15-37-25(29)17-23(27(32)33)21-10-6-3-7-11-21)18-34-12-13-36-24(28)16-22(26(30)31)20-8-4-2-5-9-20;11-9-6-8(10(12)13-9)7-4-2-1-3-5-7;1-7(11-5-3-9)6-10-4-2-8/h2-11,19,22-23H,12-18H2,1H3,(H,30,31)(H,32,33);1-5,8H,6H2;7-9H,2-6H2,1H3. The monoisotopic (exact) mass is 856 g/mol. The first kappa shape index (κ1) is 51.6. The molecule has 1 aliphatic rings. The highest BCUT2D eigenvalue weighted by Crippen LogP contribution is 2.27. The van der Waals surface area contributed by atoms with Gasteiger partial charge < -0.3 is 53.6 Å². The Morgan fingerprint density at radius 1 is 0.607 bits per heavy atom. The van der Waals surface area contributed by atoms with Gasteiger partial charge in [0.2, 0.25) is 0 Å². The number of carbonyl (C=O) groups excluding carboxylic acids is 4. The molecule has 5 unspecified atom stereocenters. The topological polar surface area (TPSA) is 248 Å². The number of aliphatic carboxylic acids is 2. The predicted molar refractivity (Wildman–Crippen MR) is 216 cm³/mol. The second-order valence-electron chi connectivity index (χ2n) is 13.4. The van der Waals surface area contributed by atoms with Gasteiger partial charge in [-0.25, -0.2) is 0 Å². The van der Waals surface area contributed by atoms with E-state index in [9.17, 15) is 39.0 Å². The SMILES string of the molecule is CC(COCCO)OCCO.CC(COCCOC(=O)CC(C(=O)O)c1ccccc1)OCCOC(=O)CC(C(=O)O)c1ccccc1.O=C1CC(c2ccccc2)C(=O)O1. The number of carboxylic acids is 2. The number of hydrogen-bond acceptors (Lipinski definition) is 15. The van der Waals surface area contributed by atoms with Crippen molar-refractivity contribution >= 4 is 35.8 Å². The number of esters is 4. The van der Waals surface area contributed by atoms with Gasteiger partial charge in [-0.15, -0.1) is 0 Å². The summed E-state index contributed by atoms with van der Waals surface area (Å²) >= 11 is 0. The molecule has 0 saturated carbocycles. The van der Waals surface area contributed by atoms with Crippen LogP contribution in [0.15, 0.2) is 91.0 Å². The van der Waals surface area contributed by atoms with Crippen LogP contribution in [-0.2, 0) is 61.9 Å². The number of rotatable bonds is 25. The maximum atomic E-state index is 12.0. The van der Waals surface area contributed by atoms with Crippen LogP contribution >= 0.6 is 0 Å². The van der Waals surface area contributed by atoms with E-state index in [1.807, 2.05) is 37.3 Å². The van der Waals surface area contributed by atoms with Crippen LogP contribution in [0.1, 0.15) is 67.6 Å². The molecular weight excluding hydrogens is 800 g/mol. The van der Waals surface area contributed by atoms with E-state index < -0.39 is 53.6 Å². The van der Waals surface area contributed by atoms with Crippen molar-refractivity contribution in [3.05, 3.63) is 108 Å². The van der Waals surface area contributed by atoms with Crippen LogP contribution in [-0.4, -0.2) is 135 Å². The maximum absolute atomic E-state index is 12.0. The summed E-state index contributed by atoms with van der Waals surface area (Å²) in [6.07, 6.45) is -0.748. The van der Waals surface area contributed by atoms with E-state index in [1.54, 1.807) is 67.6 Å². The molecule has 3 aromatic rings. The van der Waals surface area contributed by atoms with E-state index in [-0.39, 0.29) is 77.7 Å². The minimum atomic E-state index is -1.10. The number of aliphatic hydroxyl groups excluding tert-OH is 2. The number of benzene rings is 3. The molecular formula is C44H56O17. The molecule has 1 heterocycles. The average Bonchev–Trinajstić information content (AvgIpc) is 3.60. The number of aliphatic hydroxyl groups is 2. The molecule has 0 bridgehead atoms. The van der Waals surface area contributed by atoms with Gasteiger partial charge in [-0.05, 0) is 30.5 Å². The fourth-order valence-corrected chi connectivity index (χ4v) is 5.46. The number of ether oxygens (including phenoxy) is 7. The van der Waals surface area contributed by atoms with Crippen molar-refractivity contribution in [2.24, 2.45) is 0 Å². The number of carbonyl (C=O) groups is 6. The second-order valence-corrected chi connectivity index (χ2v) is 13.4. The Balaban J connectivity index is 0.000000429. The van der Waals surface area contributed by atoms with Crippen molar-refractivity contribution in [1.82, 2.24) is 0 Å². The summed E-state index contributed by atoms with van der Waals surface area (Å²) in [5.74, 6) is -6.70. The lowest BCUT2D eigenvalue weighted by molar-refractivity contribution is -0.152. The van der Waals surface area contributed by atoms with Crippen LogP contribution in [0, 0.1) is 0 Å². The molecule has 1 saturated heterocycles. The smallest absolute Gasteiger partial charge is 0.321 e. The highest BCUT2D eigenvalue weighted by Gasteiger charge is 2.34. The van der Waals surface area contributed by atoms with Crippen LogP contribution in [0.3, 0.4) is 0 Å². The number of hydrogen-bond donors (Lipinski definition) is 4. The number of cyclic esters (lactones) is 2. The lowest BCUT2D eigenvalue weighted by Crippen LogP contribution is -2.23. The molecule has 5 atom stereocenters. The molecule has 4 N–H and O–H groups in total.